The van der Waals surface area contributed by atoms with Gasteiger partial charge in [0.1, 0.15) is 0 Å². The fourth-order valence-corrected chi connectivity index (χ4v) is 5.46. The van der Waals surface area contributed by atoms with Crippen LogP contribution in [-0.4, -0.2) is 23.4 Å². The van der Waals surface area contributed by atoms with Crippen LogP contribution >= 0.6 is 0 Å². The second kappa shape index (κ2) is 3.99. The molecule has 4 bridgehead atoms. The maximum Gasteiger partial charge on any atom is 0.0436 e. The van der Waals surface area contributed by atoms with Gasteiger partial charge in [0.05, 0.1) is 0 Å². The Morgan fingerprint density at radius 2 is 1.62 bits per heavy atom. The van der Waals surface area contributed by atoms with Gasteiger partial charge in [-0.05, 0) is 74.0 Å². The molecule has 4 saturated carbocycles. The van der Waals surface area contributed by atoms with Crippen LogP contribution in [0.1, 0.15) is 44.9 Å². The SMILES string of the molecule is OCCC1C2CC3CC1CC(CCO)(C3)C2. The summed E-state index contributed by atoms with van der Waals surface area (Å²) in [5, 5.41) is 18.4. The number of rotatable bonds is 4. The number of hydrogen-bond acceptors (Lipinski definition) is 2. The lowest BCUT2D eigenvalue weighted by atomic mass is 9.45. The van der Waals surface area contributed by atoms with Gasteiger partial charge in [0.2, 0.25) is 0 Å². The molecule has 4 aliphatic carbocycles. The minimum Gasteiger partial charge on any atom is -0.396 e. The van der Waals surface area contributed by atoms with Crippen molar-refractivity contribution in [1.29, 1.82) is 0 Å². The number of hydrogen-bond donors (Lipinski definition) is 2. The maximum absolute atomic E-state index is 9.26. The van der Waals surface area contributed by atoms with Gasteiger partial charge >= 0.3 is 0 Å². The predicted molar refractivity (Wildman–Crippen MR) is 62.9 cm³/mol. The first-order chi connectivity index (χ1) is 7.76. The third-order valence-electron chi connectivity index (χ3n) is 5.70. The van der Waals surface area contributed by atoms with E-state index in [1.807, 2.05) is 0 Å². The molecule has 0 heterocycles. The molecule has 0 radical (unpaired) electrons. The summed E-state index contributed by atoms with van der Waals surface area (Å²) in [6.07, 6.45) is 8.94. The monoisotopic (exact) mass is 224 g/mol. The van der Waals surface area contributed by atoms with Crippen molar-refractivity contribution in [2.45, 2.75) is 44.9 Å². The Labute approximate surface area is 98.1 Å². The van der Waals surface area contributed by atoms with Crippen molar-refractivity contribution >= 4 is 0 Å². The zero-order chi connectivity index (χ0) is 11.2. The van der Waals surface area contributed by atoms with Crippen molar-refractivity contribution in [3.63, 3.8) is 0 Å². The summed E-state index contributed by atoms with van der Waals surface area (Å²) in [5.41, 5.74) is 0.497. The topological polar surface area (TPSA) is 40.5 Å². The molecule has 0 saturated heterocycles. The highest BCUT2D eigenvalue weighted by atomic mass is 16.3. The van der Waals surface area contributed by atoms with E-state index in [1.165, 1.54) is 32.1 Å². The van der Waals surface area contributed by atoms with Crippen molar-refractivity contribution in [1.82, 2.24) is 0 Å². The van der Waals surface area contributed by atoms with Gasteiger partial charge in [-0.2, -0.15) is 0 Å². The van der Waals surface area contributed by atoms with Gasteiger partial charge in [0.25, 0.3) is 0 Å². The Morgan fingerprint density at radius 3 is 2.19 bits per heavy atom. The molecular formula is C14H24O2. The van der Waals surface area contributed by atoms with E-state index in [4.69, 9.17) is 0 Å². The molecule has 2 N–H and O–H groups in total. The molecule has 92 valence electrons. The molecule has 4 rings (SSSR count). The van der Waals surface area contributed by atoms with Crippen molar-refractivity contribution in [3.8, 4) is 0 Å². The smallest absolute Gasteiger partial charge is 0.0436 e. The van der Waals surface area contributed by atoms with Crippen LogP contribution in [0.4, 0.5) is 0 Å². The molecule has 2 atom stereocenters. The summed E-state index contributed by atoms with van der Waals surface area (Å²) >= 11 is 0. The first-order valence-corrected chi connectivity index (χ1v) is 6.98. The van der Waals surface area contributed by atoms with Crippen LogP contribution in [0.2, 0.25) is 0 Å². The van der Waals surface area contributed by atoms with E-state index in [1.54, 1.807) is 0 Å². The van der Waals surface area contributed by atoms with Crippen LogP contribution < -0.4 is 0 Å². The standard InChI is InChI=1S/C14H24O2/c15-3-1-13-11-5-10-6-12(13)9-14(7-10,8-11)2-4-16/h10-13,15-16H,1-9H2. The van der Waals surface area contributed by atoms with E-state index < -0.39 is 0 Å². The Kier molecular flexibility index (Phi) is 2.75. The molecule has 0 aromatic carbocycles. The third-order valence-corrected chi connectivity index (χ3v) is 5.70. The summed E-state index contributed by atoms with van der Waals surface area (Å²) in [6, 6.07) is 0. The summed E-state index contributed by atoms with van der Waals surface area (Å²) in [7, 11) is 0. The highest BCUT2D eigenvalue weighted by Gasteiger charge is 2.54. The average molecular weight is 224 g/mol. The summed E-state index contributed by atoms with van der Waals surface area (Å²) in [4.78, 5) is 0. The van der Waals surface area contributed by atoms with Crippen LogP contribution in [0.5, 0.6) is 0 Å². The molecule has 0 aliphatic heterocycles. The highest BCUT2D eigenvalue weighted by molar-refractivity contribution is 5.04. The second-order valence-corrected chi connectivity index (χ2v) is 6.62. The van der Waals surface area contributed by atoms with Crippen LogP contribution in [0.3, 0.4) is 0 Å². The molecule has 4 aliphatic rings. The van der Waals surface area contributed by atoms with Crippen molar-refractivity contribution < 1.29 is 10.2 Å². The fourth-order valence-electron chi connectivity index (χ4n) is 5.46. The lowest BCUT2D eigenvalue weighted by Crippen LogP contribution is -2.51. The molecule has 2 unspecified atom stereocenters. The Bertz CT molecular complexity index is 247. The largest absolute Gasteiger partial charge is 0.396 e. The summed E-state index contributed by atoms with van der Waals surface area (Å²) in [6.45, 7) is 0.742. The van der Waals surface area contributed by atoms with E-state index in [9.17, 15) is 10.2 Å². The first kappa shape index (κ1) is 11.0. The minimum atomic E-state index is 0.370. The average Bonchev–Trinajstić information content (AvgIpc) is 2.22. The summed E-state index contributed by atoms with van der Waals surface area (Å²) < 4.78 is 0. The van der Waals surface area contributed by atoms with E-state index in [0.29, 0.717) is 18.6 Å². The van der Waals surface area contributed by atoms with Crippen molar-refractivity contribution in [3.05, 3.63) is 0 Å². The van der Waals surface area contributed by atoms with Crippen LogP contribution in [-0.2, 0) is 0 Å². The number of aliphatic hydroxyl groups is 2. The van der Waals surface area contributed by atoms with Crippen molar-refractivity contribution in [2.75, 3.05) is 13.2 Å². The van der Waals surface area contributed by atoms with Gasteiger partial charge in [0, 0.05) is 13.2 Å². The molecule has 0 aromatic heterocycles. The van der Waals surface area contributed by atoms with E-state index in [2.05, 4.69) is 0 Å². The second-order valence-electron chi connectivity index (χ2n) is 6.62. The Balaban J connectivity index is 1.78. The highest BCUT2D eigenvalue weighted by Crippen LogP contribution is 2.63. The molecule has 0 aromatic rings. The first-order valence-electron chi connectivity index (χ1n) is 6.98. The molecule has 2 heteroatoms. The maximum atomic E-state index is 9.26. The molecule has 2 nitrogen and oxygen atoms in total. The zero-order valence-electron chi connectivity index (χ0n) is 10.1. The zero-order valence-corrected chi connectivity index (χ0v) is 10.1. The predicted octanol–water partition coefficient (Wildman–Crippen LogP) is 2.19. The summed E-state index contributed by atoms with van der Waals surface area (Å²) in [5.74, 6) is 3.47. The van der Waals surface area contributed by atoms with Gasteiger partial charge in [-0.3, -0.25) is 0 Å². The lowest BCUT2D eigenvalue weighted by molar-refractivity contribution is -0.108. The molecule has 4 fully saturated rings. The van der Waals surface area contributed by atoms with Gasteiger partial charge in [0.15, 0.2) is 0 Å². The van der Waals surface area contributed by atoms with E-state index >= 15 is 0 Å². The Hall–Kier alpha value is -0.0800. The van der Waals surface area contributed by atoms with Crippen LogP contribution in [0.25, 0.3) is 0 Å². The van der Waals surface area contributed by atoms with E-state index in [-0.39, 0.29) is 0 Å². The third kappa shape index (κ3) is 1.62. The van der Waals surface area contributed by atoms with Gasteiger partial charge in [-0.15, -0.1) is 0 Å². The Morgan fingerprint density at radius 1 is 0.938 bits per heavy atom. The van der Waals surface area contributed by atoms with Gasteiger partial charge in [-0.25, -0.2) is 0 Å². The lowest BCUT2D eigenvalue weighted by Gasteiger charge is -2.60. The molecule has 0 spiro atoms. The van der Waals surface area contributed by atoms with Gasteiger partial charge in [-0.1, -0.05) is 0 Å². The van der Waals surface area contributed by atoms with Gasteiger partial charge < -0.3 is 10.2 Å². The molecule has 16 heavy (non-hydrogen) atoms. The minimum absolute atomic E-state index is 0.370. The van der Waals surface area contributed by atoms with Crippen molar-refractivity contribution in [2.24, 2.45) is 29.1 Å². The number of aliphatic hydroxyl groups excluding tert-OH is 2. The van der Waals surface area contributed by atoms with Crippen LogP contribution in [0.15, 0.2) is 0 Å². The quantitative estimate of drug-likeness (QED) is 0.768. The van der Waals surface area contributed by atoms with Crippen LogP contribution in [0, 0.1) is 29.1 Å². The normalized spacial score (nSPS) is 49.9. The molecule has 0 amide bonds. The molecular weight excluding hydrogens is 200 g/mol. The van der Waals surface area contributed by atoms with E-state index in [0.717, 1.165) is 36.5 Å². The fraction of sp³-hybridized carbons (Fsp3) is 1.00.